The molecule has 10 aromatic carbocycles. The van der Waals surface area contributed by atoms with Gasteiger partial charge in [0.1, 0.15) is 0 Å². The molecule has 0 fully saturated rings. The average molecular weight is 868 g/mol. The van der Waals surface area contributed by atoms with E-state index in [1.165, 1.54) is 16.7 Å². The fourth-order valence-corrected chi connectivity index (χ4v) is 9.93. The number of hydrogen-bond donors (Lipinski definition) is 0. The highest BCUT2D eigenvalue weighted by molar-refractivity contribution is 6.19. The van der Waals surface area contributed by atoms with Gasteiger partial charge >= 0.3 is 0 Å². The van der Waals surface area contributed by atoms with Crippen LogP contribution >= 0.6 is 0 Å². The smallest absolute Gasteiger partial charge is 0.238 e. The Labute approximate surface area is 393 Å². The molecule has 318 valence electrons. The Hall–Kier alpha value is -9.19. The number of para-hydroxylation sites is 2. The summed E-state index contributed by atoms with van der Waals surface area (Å²) in [5.74, 6) is 1.78. The van der Waals surface area contributed by atoms with Crippen LogP contribution in [-0.4, -0.2) is 24.1 Å². The lowest BCUT2D eigenvalue weighted by Gasteiger charge is -2.17. The Morgan fingerprint density at radius 1 is 0.235 bits per heavy atom. The van der Waals surface area contributed by atoms with Gasteiger partial charge < -0.3 is 4.57 Å². The van der Waals surface area contributed by atoms with Crippen LogP contribution in [0.15, 0.2) is 249 Å². The van der Waals surface area contributed by atoms with Crippen LogP contribution in [0.4, 0.5) is 0 Å². The summed E-state index contributed by atoms with van der Waals surface area (Å²) in [7, 11) is 0. The van der Waals surface area contributed by atoms with Gasteiger partial charge in [-0.15, -0.1) is 0 Å². The summed E-state index contributed by atoms with van der Waals surface area (Å²) in [6, 6.07) is 88.4. The molecule has 13 rings (SSSR count). The summed E-state index contributed by atoms with van der Waals surface area (Å²) in [4.78, 5) is 15.8. The van der Waals surface area contributed by atoms with Gasteiger partial charge in [-0.25, -0.2) is 4.98 Å². The van der Waals surface area contributed by atoms with Gasteiger partial charge in [0, 0.05) is 38.2 Å². The molecule has 3 aromatic heterocycles. The molecule has 0 amide bonds. The summed E-state index contributed by atoms with van der Waals surface area (Å²) >= 11 is 0. The molecule has 0 unspecified atom stereocenters. The Kier molecular flexibility index (Phi) is 9.43. The van der Waals surface area contributed by atoms with Crippen molar-refractivity contribution >= 4 is 43.6 Å². The van der Waals surface area contributed by atoms with E-state index < -0.39 is 0 Å². The highest BCUT2D eigenvalue weighted by Crippen LogP contribution is 2.42. The molecule has 0 atom stereocenters. The van der Waals surface area contributed by atoms with Crippen LogP contribution in [0.1, 0.15) is 0 Å². The standard InChI is InChI=1S/C63H41N5/c1-5-18-42(19-6-1)45-32-34-46(35-33-45)51-37-36-49(44-22-9-3-10-23-44)39-58(51)67-56-30-15-13-28-52(56)54-41-60-55(40-59(54)67)53-29-14-16-31-57(53)68(60)63-65-61(47-24-11-4-12-25-47)64-62(66-63)50-27-17-26-48(38-50)43-20-7-2-8-21-43/h1-41H. The predicted molar refractivity (Wildman–Crippen MR) is 281 cm³/mol. The zero-order valence-corrected chi connectivity index (χ0v) is 36.9. The largest absolute Gasteiger partial charge is 0.309 e. The van der Waals surface area contributed by atoms with Gasteiger partial charge in [-0.1, -0.05) is 212 Å². The highest BCUT2D eigenvalue weighted by Gasteiger charge is 2.23. The first-order valence-electron chi connectivity index (χ1n) is 23.0. The molecular weight excluding hydrogens is 827 g/mol. The monoisotopic (exact) mass is 867 g/mol. The first kappa shape index (κ1) is 39.2. The lowest BCUT2D eigenvalue weighted by molar-refractivity contribution is 0.954. The SMILES string of the molecule is c1ccc(-c2ccc(-c3ccc(-c4ccccc4)cc3-n3c4ccccc4c4cc5c(cc43)c3ccccc3n5-c3nc(-c4ccccc4)nc(-c4cccc(-c5ccccc5)c4)n3)cc2)cc1. The van der Waals surface area contributed by atoms with Crippen molar-refractivity contribution < 1.29 is 0 Å². The van der Waals surface area contributed by atoms with Gasteiger partial charge in [0.05, 0.1) is 27.8 Å². The fourth-order valence-electron chi connectivity index (χ4n) is 9.93. The zero-order chi connectivity index (χ0) is 45.0. The molecular formula is C63H41N5. The number of rotatable bonds is 8. The number of nitrogens with zero attached hydrogens (tertiary/aromatic N) is 5. The minimum atomic E-state index is 0.560. The lowest BCUT2D eigenvalue weighted by atomic mass is 9.96. The van der Waals surface area contributed by atoms with Crippen LogP contribution in [0, 0.1) is 0 Å². The van der Waals surface area contributed by atoms with Crippen LogP contribution in [-0.2, 0) is 0 Å². The van der Waals surface area contributed by atoms with Crippen molar-refractivity contribution in [1.29, 1.82) is 0 Å². The van der Waals surface area contributed by atoms with Crippen molar-refractivity contribution in [2.24, 2.45) is 0 Å². The Bertz CT molecular complexity index is 3990. The minimum absolute atomic E-state index is 0.560. The van der Waals surface area contributed by atoms with Crippen LogP contribution in [0.25, 0.3) is 123 Å². The highest BCUT2D eigenvalue weighted by atomic mass is 15.2. The summed E-state index contributed by atoms with van der Waals surface area (Å²) in [5.41, 5.74) is 16.5. The van der Waals surface area contributed by atoms with Crippen LogP contribution in [0.2, 0.25) is 0 Å². The molecule has 68 heavy (non-hydrogen) atoms. The molecule has 5 heteroatoms. The molecule has 3 heterocycles. The maximum atomic E-state index is 5.35. The zero-order valence-electron chi connectivity index (χ0n) is 36.9. The van der Waals surface area contributed by atoms with Gasteiger partial charge in [0.15, 0.2) is 11.6 Å². The molecule has 5 nitrogen and oxygen atoms in total. The Morgan fingerprint density at radius 2 is 0.647 bits per heavy atom. The summed E-state index contributed by atoms with van der Waals surface area (Å²) in [5, 5.41) is 4.53. The van der Waals surface area contributed by atoms with Crippen LogP contribution < -0.4 is 0 Å². The molecule has 0 spiro atoms. The summed E-state index contributed by atoms with van der Waals surface area (Å²) < 4.78 is 4.70. The van der Waals surface area contributed by atoms with Gasteiger partial charge in [-0.2, -0.15) is 9.97 Å². The van der Waals surface area contributed by atoms with Crippen molar-refractivity contribution in [3.63, 3.8) is 0 Å². The Balaban J connectivity index is 1.06. The molecule has 0 radical (unpaired) electrons. The third kappa shape index (κ3) is 6.76. The molecule has 0 bridgehead atoms. The van der Waals surface area contributed by atoms with Gasteiger partial charge in [-0.3, -0.25) is 4.57 Å². The third-order valence-corrected chi connectivity index (χ3v) is 13.2. The fraction of sp³-hybridized carbons (Fsp3) is 0. The maximum Gasteiger partial charge on any atom is 0.238 e. The van der Waals surface area contributed by atoms with Crippen molar-refractivity contribution in [2.45, 2.75) is 0 Å². The first-order chi connectivity index (χ1) is 33.7. The molecule has 0 saturated heterocycles. The van der Waals surface area contributed by atoms with Gasteiger partial charge in [-0.05, 0) is 75.3 Å². The second-order valence-corrected chi connectivity index (χ2v) is 17.2. The van der Waals surface area contributed by atoms with Crippen molar-refractivity contribution in [2.75, 3.05) is 0 Å². The second-order valence-electron chi connectivity index (χ2n) is 17.2. The Morgan fingerprint density at radius 3 is 1.25 bits per heavy atom. The van der Waals surface area contributed by atoms with E-state index in [1.807, 2.05) is 24.3 Å². The lowest BCUT2D eigenvalue weighted by Crippen LogP contribution is -2.06. The van der Waals surface area contributed by atoms with E-state index in [1.54, 1.807) is 0 Å². The van der Waals surface area contributed by atoms with Gasteiger partial charge in [0.25, 0.3) is 0 Å². The van der Waals surface area contributed by atoms with E-state index in [4.69, 9.17) is 15.0 Å². The van der Waals surface area contributed by atoms with E-state index in [0.29, 0.717) is 17.6 Å². The average Bonchev–Trinajstić information content (AvgIpc) is 3.93. The molecule has 13 aromatic rings. The van der Waals surface area contributed by atoms with E-state index in [2.05, 4.69) is 234 Å². The number of aromatic nitrogens is 5. The predicted octanol–water partition coefficient (Wildman–Crippen LogP) is 16.1. The van der Waals surface area contributed by atoms with Gasteiger partial charge in [0.2, 0.25) is 5.95 Å². The molecule has 0 aliphatic heterocycles. The molecule has 0 N–H and O–H groups in total. The summed E-state index contributed by atoms with van der Waals surface area (Å²) in [6.07, 6.45) is 0. The number of fused-ring (bicyclic) bond motifs is 6. The van der Waals surface area contributed by atoms with E-state index in [0.717, 1.165) is 88.2 Å². The second kappa shape index (κ2) is 16.4. The normalized spacial score (nSPS) is 11.5. The minimum Gasteiger partial charge on any atom is -0.309 e. The summed E-state index contributed by atoms with van der Waals surface area (Å²) in [6.45, 7) is 0. The van der Waals surface area contributed by atoms with Crippen molar-refractivity contribution in [3.8, 4) is 78.9 Å². The quantitative estimate of drug-likeness (QED) is 0.153. The molecule has 0 aliphatic rings. The number of benzene rings is 10. The molecule has 0 saturated carbocycles. The molecule has 0 aliphatic carbocycles. The van der Waals surface area contributed by atoms with Crippen molar-refractivity contribution in [3.05, 3.63) is 249 Å². The third-order valence-electron chi connectivity index (χ3n) is 13.2. The van der Waals surface area contributed by atoms with E-state index >= 15 is 0 Å². The van der Waals surface area contributed by atoms with Crippen LogP contribution in [0.3, 0.4) is 0 Å². The number of hydrogen-bond acceptors (Lipinski definition) is 3. The maximum absolute atomic E-state index is 5.35. The first-order valence-corrected chi connectivity index (χ1v) is 23.0. The van der Waals surface area contributed by atoms with Crippen LogP contribution in [0.5, 0.6) is 0 Å². The van der Waals surface area contributed by atoms with E-state index in [-0.39, 0.29) is 0 Å². The van der Waals surface area contributed by atoms with E-state index in [9.17, 15) is 0 Å². The topological polar surface area (TPSA) is 48.5 Å². The van der Waals surface area contributed by atoms with Crippen molar-refractivity contribution in [1.82, 2.24) is 24.1 Å².